The molecule has 0 unspecified atom stereocenters. The number of aromatic nitrogens is 1. The lowest BCUT2D eigenvalue weighted by Crippen LogP contribution is -2.16. The molecule has 0 aliphatic rings. The Morgan fingerprint density at radius 1 is 1.14 bits per heavy atom. The molecular formula is C14H11F3N2O2. The van der Waals surface area contributed by atoms with Crippen molar-refractivity contribution < 1.29 is 22.7 Å². The molecule has 4 nitrogen and oxygen atoms in total. The van der Waals surface area contributed by atoms with Gasteiger partial charge >= 0.3 is 6.36 Å². The molecule has 0 aliphatic heterocycles. The number of rotatable bonds is 5. The molecule has 0 fully saturated rings. The zero-order valence-electron chi connectivity index (χ0n) is 10.7. The maximum Gasteiger partial charge on any atom is 0.573 e. The number of pyridine rings is 1. The number of ether oxygens (including phenoxy) is 1. The summed E-state index contributed by atoms with van der Waals surface area (Å²) >= 11 is 0. The molecule has 0 spiro atoms. The number of nitrogens with one attached hydrogen (secondary N) is 1. The van der Waals surface area contributed by atoms with Crippen molar-refractivity contribution in [2.45, 2.75) is 12.9 Å². The quantitative estimate of drug-likeness (QED) is 0.863. The van der Waals surface area contributed by atoms with Crippen LogP contribution >= 0.6 is 0 Å². The zero-order chi connectivity index (χ0) is 15.3. The highest BCUT2D eigenvalue weighted by molar-refractivity contribution is 5.64. The van der Waals surface area contributed by atoms with E-state index in [2.05, 4.69) is 15.0 Å². The van der Waals surface area contributed by atoms with Gasteiger partial charge in [0.05, 0.1) is 0 Å². The summed E-state index contributed by atoms with van der Waals surface area (Å²) in [5.41, 5.74) is 2.22. The van der Waals surface area contributed by atoms with E-state index >= 15 is 0 Å². The number of carbonyl (C=O) groups is 1. The lowest BCUT2D eigenvalue weighted by molar-refractivity contribution is -0.274. The third-order valence-corrected chi connectivity index (χ3v) is 2.61. The molecule has 0 bridgehead atoms. The van der Waals surface area contributed by atoms with E-state index in [-0.39, 0.29) is 5.75 Å². The molecule has 0 atom stereocenters. The first-order chi connectivity index (χ1) is 9.98. The summed E-state index contributed by atoms with van der Waals surface area (Å²) in [7, 11) is 0. The molecular weight excluding hydrogens is 285 g/mol. The molecule has 110 valence electrons. The van der Waals surface area contributed by atoms with Gasteiger partial charge in [-0.05, 0) is 29.3 Å². The van der Waals surface area contributed by atoms with E-state index in [1.54, 1.807) is 18.5 Å². The minimum absolute atomic E-state index is 0.280. The molecule has 0 saturated carbocycles. The highest BCUT2D eigenvalue weighted by Gasteiger charge is 2.30. The molecule has 1 aromatic carbocycles. The summed E-state index contributed by atoms with van der Waals surface area (Å²) in [6, 6.07) is 7.28. The zero-order valence-corrected chi connectivity index (χ0v) is 10.7. The molecule has 1 heterocycles. The number of halogens is 3. The van der Waals surface area contributed by atoms with Crippen LogP contribution in [0.3, 0.4) is 0 Å². The number of hydrogen-bond donors (Lipinski definition) is 1. The van der Waals surface area contributed by atoms with Crippen molar-refractivity contribution in [3.63, 3.8) is 0 Å². The second-order valence-corrected chi connectivity index (χ2v) is 4.15. The Kier molecular flexibility index (Phi) is 4.42. The highest BCUT2D eigenvalue weighted by atomic mass is 19.4. The second kappa shape index (κ2) is 6.25. The average molecular weight is 296 g/mol. The Morgan fingerprint density at radius 3 is 2.48 bits per heavy atom. The predicted molar refractivity (Wildman–Crippen MR) is 69.3 cm³/mol. The van der Waals surface area contributed by atoms with Crippen molar-refractivity contribution in [3.8, 4) is 16.9 Å². The summed E-state index contributed by atoms with van der Waals surface area (Å²) in [5, 5.41) is 2.51. The maximum atomic E-state index is 12.1. The molecule has 2 aromatic rings. The second-order valence-electron chi connectivity index (χ2n) is 4.15. The fraction of sp³-hybridized carbons (Fsp3) is 0.143. The van der Waals surface area contributed by atoms with E-state index in [0.29, 0.717) is 18.5 Å². The van der Waals surface area contributed by atoms with Gasteiger partial charge in [0.2, 0.25) is 6.41 Å². The van der Waals surface area contributed by atoms with Crippen LogP contribution in [0.15, 0.2) is 42.7 Å². The van der Waals surface area contributed by atoms with Crippen LogP contribution in [-0.2, 0) is 11.3 Å². The van der Waals surface area contributed by atoms with E-state index in [4.69, 9.17) is 0 Å². The molecule has 1 aromatic heterocycles. The predicted octanol–water partition coefficient (Wildman–Crippen LogP) is 2.89. The van der Waals surface area contributed by atoms with Gasteiger partial charge in [-0.1, -0.05) is 12.1 Å². The first kappa shape index (κ1) is 14.8. The summed E-state index contributed by atoms with van der Waals surface area (Å²) in [4.78, 5) is 14.3. The Balaban J connectivity index is 2.16. The van der Waals surface area contributed by atoms with Gasteiger partial charge in [0, 0.05) is 24.5 Å². The summed E-state index contributed by atoms with van der Waals surface area (Å²) in [5.74, 6) is -0.280. The van der Waals surface area contributed by atoms with Crippen molar-refractivity contribution in [1.82, 2.24) is 10.3 Å². The van der Waals surface area contributed by atoms with Gasteiger partial charge in [0.1, 0.15) is 5.75 Å². The van der Waals surface area contributed by atoms with Crippen molar-refractivity contribution in [2.75, 3.05) is 0 Å². The fourth-order valence-corrected chi connectivity index (χ4v) is 1.75. The average Bonchev–Trinajstić information content (AvgIpc) is 2.44. The van der Waals surface area contributed by atoms with Gasteiger partial charge < -0.3 is 10.1 Å². The number of carbonyl (C=O) groups excluding carboxylic acids is 1. The first-order valence-corrected chi connectivity index (χ1v) is 5.95. The molecule has 2 rings (SSSR count). The van der Waals surface area contributed by atoms with Crippen molar-refractivity contribution in [1.29, 1.82) is 0 Å². The van der Waals surface area contributed by atoms with Gasteiger partial charge in [-0.2, -0.15) is 0 Å². The largest absolute Gasteiger partial charge is 0.573 e. The normalized spacial score (nSPS) is 11.0. The third-order valence-electron chi connectivity index (χ3n) is 2.61. The van der Waals surface area contributed by atoms with Crippen LogP contribution in [0.25, 0.3) is 11.1 Å². The Labute approximate surface area is 118 Å². The maximum absolute atomic E-state index is 12.1. The third kappa shape index (κ3) is 4.48. The van der Waals surface area contributed by atoms with Crippen molar-refractivity contribution in [2.24, 2.45) is 0 Å². The topological polar surface area (TPSA) is 51.2 Å². The van der Waals surface area contributed by atoms with Crippen LogP contribution < -0.4 is 10.1 Å². The smallest absolute Gasteiger partial charge is 0.406 e. The number of hydrogen-bond acceptors (Lipinski definition) is 3. The SMILES string of the molecule is O=CNCc1cncc(-c2ccc(OC(F)(F)F)cc2)c1. The van der Waals surface area contributed by atoms with E-state index in [1.807, 2.05) is 0 Å². The lowest BCUT2D eigenvalue weighted by atomic mass is 10.1. The fourth-order valence-electron chi connectivity index (χ4n) is 1.75. The minimum atomic E-state index is -4.70. The van der Waals surface area contributed by atoms with Crippen molar-refractivity contribution >= 4 is 6.41 Å². The van der Waals surface area contributed by atoms with Crippen LogP contribution in [0.4, 0.5) is 13.2 Å². The molecule has 1 amide bonds. The Morgan fingerprint density at radius 2 is 1.86 bits per heavy atom. The minimum Gasteiger partial charge on any atom is -0.406 e. The van der Waals surface area contributed by atoms with E-state index in [0.717, 1.165) is 11.1 Å². The van der Waals surface area contributed by atoms with E-state index in [1.165, 1.54) is 24.3 Å². The van der Waals surface area contributed by atoms with Gasteiger partial charge in [-0.25, -0.2) is 0 Å². The van der Waals surface area contributed by atoms with Gasteiger partial charge in [0.15, 0.2) is 0 Å². The van der Waals surface area contributed by atoms with Crippen LogP contribution in [0.5, 0.6) is 5.75 Å². The summed E-state index contributed by atoms with van der Waals surface area (Å²) in [6.07, 6.45) is -0.940. The lowest BCUT2D eigenvalue weighted by Gasteiger charge is -2.09. The van der Waals surface area contributed by atoms with Crippen LogP contribution in [0.2, 0.25) is 0 Å². The molecule has 1 N–H and O–H groups in total. The Bertz CT molecular complexity index is 612. The first-order valence-electron chi connectivity index (χ1n) is 5.95. The number of amides is 1. The standard InChI is InChI=1S/C14H11F3N2O2/c15-14(16,17)21-13-3-1-11(2-4-13)12-5-10(6-18-8-12)7-19-9-20/h1-6,8-9H,7H2,(H,19,20). The summed E-state index contributed by atoms with van der Waals surface area (Å²) in [6.45, 7) is 0.333. The van der Waals surface area contributed by atoms with E-state index < -0.39 is 6.36 Å². The monoisotopic (exact) mass is 296 g/mol. The number of alkyl halides is 3. The Hall–Kier alpha value is -2.57. The van der Waals surface area contributed by atoms with Crippen LogP contribution in [0.1, 0.15) is 5.56 Å². The highest BCUT2D eigenvalue weighted by Crippen LogP contribution is 2.26. The molecule has 21 heavy (non-hydrogen) atoms. The molecule has 7 heteroatoms. The van der Waals surface area contributed by atoms with Gasteiger partial charge in [-0.15, -0.1) is 13.2 Å². The molecule has 0 radical (unpaired) electrons. The molecule has 0 aliphatic carbocycles. The van der Waals surface area contributed by atoms with Crippen LogP contribution in [0, 0.1) is 0 Å². The summed E-state index contributed by atoms with van der Waals surface area (Å²) < 4.78 is 40.0. The van der Waals surface area contributed by atoms with Crippen molar-refractivity contribution in [3.05, 3.63) is 48.3 Å². The molecule has 0 saturated heterocycles. The van der Waals surface area contributed by atoms with Crippen LogP contribution in [-0.4, -0.2) is 17.8 Å². The number of benzene rings is 1. The van der Waals surface area contributed by atoms with Gasteiger partial charge in [-0.3, -0.25) is 9.78 Å². The van der Waals surface area contributed by atoms with E-state index in [9.17, 15) is 18.0 Å². The number of nitrogens with zero attached hydrogens (tertiary/aromatic N) is 1. The van der Waals surface area contributed by atoms with Gasteiger partial charge in [0.25, 0.3) is 0 Å².